The van der Waals surface area contributed by atoms with E-state index >= 15 is 0 Å². The molecule has 0 radical (unpaired) electrons. The van der Waals surface area contributed by atoms with Crippen LogP contribution in [0.1, 0.15) is 37.3 Å². The molecule has 1 fully saturated rings. The summed E-state index contributed by atoms with van der Waals surface area (Å²) in [6, 6.07) is 12.8. The number of carbonyl (C=O) groups excluding carboxylic acids is 1. The molecule has 0 spiro atoms. The molecule has 9 heteroatoms. The summed E-state index contributed by atoms with van der Waals surface area (Å²) >= 11 is 0. The lowest BCUT2D eigenvalue weighted by Gasteiger charge is -2.26. The Kier molecular flexibility index (Phi) is 10.4. The van der Waals surface area contributed by atoms with Gasteiger partial charge in [-0.25, -0.2) is 8.42 Å². The molecule has 192 valence electrons. The van der Waals surface area contributed by atoms with Gasteiger partial charge in [-0.3, -0.25) is 4.79 Å². The number of aryl methyl sites for hydroxylation is 2. The number of nitrogens with zero attached hydrogens (tertiary/aromatic N) is 1. The minimum atomic E-state index is -3.61. The number of hydrogen-bond acceptors (Lipinski definition) is 6. The predicted molar refractivity (Wildman–Crippen MR) is 134 cm³/mol. The number of para-hydroxylation sites is 1. The van der Waals surface area contributed by atoms with Crippen molar-refractivity contribution < 1.29 is 27.4 Å². The van der Waals surface area contributed by atoms with Crippen LogP contribution in [-0.4, -0.2) is 65.2 Å². The minimum Gasteiger partial charge on any atom is -0.496 e. The summed E-state index contributed by atoms with van der Waals surface area (Å²) < 4.78 is 43.9. The molecule has 1 N–H and O–H groups in total. The van der Waals surface area contributed by atoms with Gasteiger partial charge in [-0.05, 0) is 61.1 Å². The average molecular weight is 505 g/mol. The summed E-state index contributed by atoms with van der Waals surface area (Å²) in [7, 11) is -2.08. The van der Waals surface area contributed by atoms with Crippen molar-refractivity contribution in [2.75, 3.05) is 46.6 Å². The van der Waals surface area contributed by atoms with Gasteiger partial charge in [-0.15, -0.1) is 0 Å². The van der Waals surface area contributed by atoms with E-state index in [0.29, 0.717) is 57.2 Å². The van der Waals surface area contributed by atoms with E-state index in [1.54, 1.807) is 18.2 Å². The van der Waals surface area contributed by atoms with E-state index in [0.717, 1.165) is 30.6 Å². The van der Waals surface area contributed by atoms with Crippen molar-refractivity contribution in [2.45, 2.75) is 43.9 Å². The molecule has 1 saturated heterocycles. The van der Waals surface area contributed by atoms with Gasteiger partial charge in [-0.2, -0.15) is 4.31 Å². The van der Waals surface area contributed by atoms with Gasteiger partial charge in [0, 0.05) is 26.1 Å². The van der Waals surface area contributed by atoms with Crippen molar-refractivity contribution in [3.05, 3.63) is 53.6 Å². The molecule has 35 heavy (non-hydrogen) atoms. The summed E-state index contributed by atoms with van der Waals surface area (Å²) in [5.74, 6) is 1.39. The molecule has 0 saturated carbocycles. The van der Waals surface area contributed by atoms with Crippen LogP contribution in [0.4, 0.5) is 0 Å². The first-order chi connectivity index (χ1) is 17.0. The van der Waals surface area contributed by atoms with Crippen molar-refractivity contribution in [3.8, 4) is 11.5 Å². The molecule has 0 aromatic heterocycles. The number of hydrogen-bond donors (Lipinski definition) is 1. The van der Waals surface area contributed by atoms with Gasteiger partial charge >= 0.3 is 0 Å². The van der Waals surface area contributed by atoms with Crippen molar-refractivity contribution in [3.63, 3.8) is 0 Å². The average Bonchev–Trinajstić information content (AvgIpc) is 2.89. The molecule has 0 unspecified atom stereocenters. The van der Waals surface area contributed by atoms with E-state index in [2.05, 4.69) is 18.3 Å². The molecule has 1 aliphatic heterocycles. The van der Waals surface area contributed by atoms with Gasteiger partial charge in [0.2, 0.25) is 15.9 Å². The second kappa shape index (κ2) is 13.5. The third-order valence-corrected chi connectivity index (χ3v) is 7.76. The predicted octanol–water partition coefficient (Wildman–Crippen LogP) is 3.19. The minimum absolute atomic E-state index is 0.0796. The molecule has 1 heterocycles. The van der Waals surface area contributed by atoms with Crippen molar-refractivity contribution >= 4 is 15.9 Å². The van der Waals surface area contributed by atoms with Gasteiger partial charge in [0.1, 0.15) is 11.5 Å². The molecule has 1 aliphatic rings. The van der Waals surface area contributed by atoms with Crippen LogP contribution in [0, 0.1) is 0 Å². The first-order valence-corrected chi connectivity index (χ1v) is 13.6. The Balaban J connectivity index is 1.52. The van der Waals surface area contributed by atoms with Crippen LogP contribution in [0.3, 0.4) is 0 Å². The molecule has 2 aromatic rings. The Bertz CT molecular complexity index is 1070. The van der Waals surface area contributed by atoms with Gasteiger partial charge in [-0.1, -0.05) is 25.1 Å². The standard InChI is InChI=1S/C26H36N2O6S/c1-3-17-34-25-9-5-4-7-21(25)8-6-14-27-26(29)13-10-22-20-23(11-12-24(22)32-2)35(30,31)28-15-18-33-19-16-28/h4-5,7,9,11-12,20H,3,6,8,10,13-19H2,1-2H3,(H,27,29). The third kappa shape index (κ3) is 7.68. The van der Waals surface area contributed by atoms with E-state index in [1.807, 2.05) is 18.2 Å². The zero-order valence-electron chi connectivity index (χ0n) is 20.6. The molecule has 0 atom stereocenters. The SMILES string of the molecule is CCCOc1ccccc1CCCNC(=O)CCc1cc(S(=O)(=O)N2CCOCC2)ccc1OC. The number of sulfonamides is 1. The maximum atomic E-state index is 13.0. The van der Waals surface area contributed by atoms with Gasteiger partial charge in [0.25, 0.3) is 0 Å². The number of nitrogens with one attached hydrogen (secondary N) is 1. The summed E-state index contributed by atoms with van der Waals surface area (Å²) in [5.41, 5.74) is 1.83. The fourth-order valence-corrected chi connectivity index (χ4v) is 5.41. The zero-order valence-corrected chi connectivity index (χ0v) is 21.4. The highest BCUT2D eigenvalue weighted by Gasteiger charge is 2.27. The number of amides is 1. The monoisotopic (exact) mass is 504 g/mol. The number of rotatable bonds is 13. The molecule has 8 nitrogen and oxygen atoms in total. The first kappa shape index (κ1) is 27.0. The highest BCUT2D eigenvalue weighted by Crippen LogP contribution is 2.26. The van der Waals surface area contributed by atoms with Gasteiger partial charge < -0.3 is 19.5 Å². The largest absolute Gasteiger partial charge is 0.496 e. The Morgan fingerprint density at radius 3 is 2.57 bits per heavy atom. The van der Waals surface area contributed by atoms with Crippen LogP contribution in [0.5, 0.6) is 11.5 Å². The maximum Gasteiger partial charge on any atom is 0.243 e. The molecule has 1 amide bonds. The second-order valence-electron chi connectivity index (χ2n) is 8.40. The van der Waals surface area contributed by atoms with Crippen LogP contribution in [0.15, 0.2) is 47.4 Å². The molecular weight excluding hydrogens is 468 g/mol. The lowest BCUT2D eigenvalue weighted by Crippen LogP contribution is -2.40. The van der Waals surface area contributed by atoms with Crippen LogP contribution >= 0.6 is 0 Å². The molecular formula is C26H36N2O6S. The topological polar surface area (TPSA) is 94.2 Å². The summed E-state index contributed by atoms with van der Waals surface area (Å²) in [6.45, 7) is 4.77. The van der Waals surface area contributed by atoms with Crippen LogP contribution in [-0.2, 0) is 32.4 Å². The quantitative estimate of drug-likeness (QED) is 0.421. The lowest BCUT2D eigenvalue weighted by molar-refractivity contribution is -0.121. The number of methoxy groups -OCH3 is 1. The highest BCUT2D eigenvalue weighted by molar-refractivity contribution is 7.89. The molecule has 3 rings (SSSR count). The Morgan fingerprint density at radius 2 is 1.83 bits per heavy atom. The van der Waals surface area contributed by atoms with E-state index in [1.165, 1.54) is 11.4 Å². The zero-order chi connectivity index (χ0) is 25.1. The molecule has 0 aliphatic carbocycles. The Morgan fingerprint density at radius 1 is 1.06 bits per heavy atom. The summed E-state index contributed by atoms with van der Waals surface area (Å²) in [4.78, 5) is 12.7. The second-order valence-corrected chi connectivity index (χ2v) is 10.3. The van der Waals surface area contributed by atoms with E-state index in [9.17, 15) is 13.2 Å². The third-order valence-electron chi connectivity index (χ3n) is 5.86. The van der Waals surface area contributed by atoms with E-state index < -0.39 is 10.0 Å². The number of ether oxygens (including phenoxy) is 3. The number of carbonyl (C=O) groups is 1. The molecule has 0 bridgehead atoms. The Labute approximate surface area is 208 Å². The normalized spacial score (nSPS) is 14.5. The van der Waals surface area contributed by atoms with Crippen LogP contribution in [0.25, 0.3) is 0 Å². The van der Waals surface area contributed by atoms with Crippen molar-refractivity contribution in [2.24, 2.45) is 0 Å². The van der Waals surface area contributed by atoms with Gasteiger partial charge in [0.05, 0.1) is 31.8 Å². The number of morpholine rings is 1. The Hall–Kier alpha value is -2.62. The van der Waals surface area contributed by atoms with Crippen LogP contribution in [0.2, 0.25) is 0 Å². The molecule has 2 aromatic carbocycles. The number of benzene rings is 2. The summed E-state index contributed by atoms with van der Waals surface area (Å²) in [5, 5.41) is 2.96. The fraction of sp³-hybridized carbons (Fsp3) is 0.500. The first-order valence-electron chi connectivity index (χ1n) is 12.2. The van der Waals surface area contributed by atoms with Crippen molar-refractivity contribution in [1.82, 2.24) is 9.62 Å². The van der Waals surface area contributed by atoms with E-state index in [4.69, 9.17) is 14.2 Å². The summed E-state index contributed by atoms with van der Waals surface area (Å²) in [6.07, 6.45) is 3.20. The highest BCUT2D eigenvalue weighted by atomic mass is 32.2. The van der Waals surface area contributed by atoms with Crippen molar-refractivity contribution in [1.29, 1.82) is 0 Å². The van der Waals surface area contributed by atoms with Crippen LogP contribution < -0.4 is 14.8 Å². The van der Waals surface area contributed by atoms with Gasteiger partial charge in [0.15, 0.2) is 0 Å². The van der Waals surface area contributed by atoms with E-state index in [-0.39, 0.29) is 17.2 Å². The lowest BCUT2D eigenvalue weighted by atomic mass is 10.1. The smallest absolute Gasteiger partial charge is 0.243 e. The maximum absolute atomic E-state index is 13.0. The fourth-order valence-electron chi connectivity index (χ4n) is 3.95.